The first kappa shape index (κ1) is 19.2. The number of anilines is 1. The molecule has 0 atom stereocenters. The predicted octanol–water partition coefficient (Wildman–Crippen LogP) is 6.41. The largest absolute Gasteiger partial charge is 0.321 e. The molecule has 1 heterocycles. The Morgan fingerprint density at radius 1 is 0.931 bits per heavy atom. The zero-order chi connectivity index (χ0) is 20.4. The van der Waals surface area contributed by atoms with Gasteiger partial charge in [0, 0.05) is 16.3 Å². The van der Waals surface area contributed by atoms with E-state index in [1.54, 1.807) is 28.9 Å². The number of aromatic nitrogens is 2. The monoisotopic (exact) mass is 421 g/mol. The Hall–Kier alpha value is -3.08. The summed E-state index contributed by atoms with van der Waals surface area (Å²) in [5.41, 5.74) is 4.31. The number of amides is 1. The lowest BCUT2D eigenvalue weighted by Gasteiger charge is -2.09. The zero-order valence-corrected chi connectivity index (χ0v) is 17.1. The lowest BCUT2D eigenvalue weighted by molar-refractivity contribution is 0.101. The van der Waals surface area contributed by atoms with E-state index in [-0.39, 0.29) is 5.91 Å². The number of halogens is 2. The Morgan fingerprint density at radius 3 is 2.31 bits per heavy atom. The molecule has 6 heteroatoms. The van der Waals surface area contributed by atoms with Gasteiger partial charge in [0.15, 0.2) is 0 Å². The maximum Gasteiger partial charge on any atom is 0.274 e. The van der Waals surface area contributed by atoms with Crippen molar-refractivity contribution in [1.82, 2.24) is 9.78 Å². The van der Waals surface area contributed by atoms with Gasteiger partial charge in [0.2, 0.25) is 0 Å². The first-order valence-corrected chi connectivity index (χ1v) is 9.76. The molecule has 1 amide bonds. The topological polar surface area (TPSA) is 46.9 Å². The van der Waals surface area contributed by atoms with Gasteiger partial charge in [-0.05, 0) is 55.5 Å². The molecule has 0 saturated heterocycles. The highest BCUT2D eigenvalue weighted by molar-refractivity contribution is 6.33. The van der Waals surface area contributed by atoms with Gasteiger partial charge in [-0.1, -0.05) is 59.1 Å². The van der Waals surface area contributed by atoms with Crippen molar-refractivity contribution in [1.29, 1.82) is 0 Å². The number of nitrogens with one attached hydrogen (secondary N) is 1. The number of rotatable bonds is 4. The number of nitrogens with zero attached hydrogens (tertiary/aromatic N) is 2. The highest BCUT2D eigenvalue weighted by Crippen LogP contribution is 2.29. The van der Waals surface area contributed by atoms with Crippen LogP contribution in [0, 0.1) is 6.92 Å². The number of benzene rings is 3. The van der Waals surface area contributed by atoms with E-state index < -0.39 is 0 Å². The van der Waals surface area contributed by atoms with Crippen molar-refractivity contribution < 1.29 is 4.79 Å². The molecule has 0 radical (unpaired) electrons. The van der Waals surface area contributed by atoms with Crippen LogP contribution in [-0.2, 0) is 0 Å². The van der Waals surface area contributed by atoms with E-state index in [0.717, 1.165) is 16.8 Å². The van der Waals surface area contributed by atoms with E-state index in [9.17, 15) is 4.79 Å². The van der Waals surface area contributed by atoms with Gasteiger partial charge in [-0.25, -0.2) is 4.68 Å². The normalized spacial score (nSPS) is 10.7. The highest BCUT2D eigenvalue weighted by Gasteiger charge is 2.19. The summed E-state index contributed by atoms with van der Waals surface area (Å²) in [6.07, 6.45) is 0. The van der Waals surface area contributed by atoms with Crippen LogP contribution in [0.3, 0.4) is 0 Å². The quantitative estimate of drug-likeness (QED) is 0.413. The minimum atomic E-state index is -0.269. The SMILES string of the molecule is Cc1ccc(NC(=O)c2cc(-c3ccccc3Cl)nn2-c2ccc(Cl)cc2)cc1. The van der Waals surface area contributed by atoms with Crippen molar-refractivity contribution in [3.8, 4) is 16.9 Å². The third-order valence-corrected chi connectivity index (χ3v) is 5.05. The second-order valence-corrected chi connectivity index (χ2v) is 7.45. The fourth-order valence-corrected chi connectivity index (χ4v) is 3.31. The number of hydrogen-bond acceptors (Lipinski definition) is 2. The molecule has 0 aliphatic carbocycles. The van der Waals surface area contributed by atoms with Crippen molar-refractivity contribution in [2.75, 3.05) is 5.32 Å². The Kier molecular flexibility index (Phi) is 5.38. The fraction of sp³-hybridized carbons (Fsp3) is 0.0435. The van der Waals surface area contributed by atoms with Crippen molar-refractivity contribution in [3.63, 3.8) is 0 Å². The average molecular weight is 422 g/mol. The van der Waals surface area contributed by atoms with Crippen LogP contribution in [0.4, 0.5) is 5.69 Å². The first-order valence-electron chi connectivity index (χ1n) is 9.00. The van der Waals surface area contributed by atoms with Gasteiger partial charge in [-0.15, -0.1) is 0 Å². The Balaban J connectivity index is 1.78. The number of aryl methyl sites for hydroxylation is 1. The summed E-state index contributed by atoms with van der Waals surface area (Å²) in [4.78, 5) is 13.1. The number of hydrogen-bond donors (Lipinski definition) is 1. The second kappa shape index (κ2) is 8.11. The van der Waals surface area contributed by atoms with E-state index in [4.69, 9.17) is 23.2 Å². The molecule has 4 nitrogen and oxygen atoms in total. The molecule has 4 rings (SSSR count). The Labute approximate surface area is 178 Å². The van der Waals surface area contributed by atoms with Gasteiger partial charge < -0.3 is 5.32 Å². The summed E-state index contributed by atoms with van der Waals surface area (Å²) >= 11 is 12.4. The van der Waals surface area contributed by atoms with Crippen LogP contribution in [0.5, 0.6) is 0 Å². The maximum absolute atomic E-state index is 13.1. The summed E-state index contributed by atoms with van der Waals surface area (Å²) in [7, 11) is 0. The number of carbonyl (C=O) groups is 1. The summed E-state index contributed by atoms with van der Waals surface area (Å²) in [5.74, 6) is -0.269. The third kappa shape index (κ3) is 4.19. The smallest absolute Gasteiger partial charge is 0.274 e. The molecule has 0 saturated carbocycles. The maximum atomic E-state index is 13.1. The van der Waals surface area contributed by atoms with E-state index in [1.807, 2.05) is 61.5 Å². The van der Waals surface area contributed by atoms with Crippen LogP contribution in [0.2, 0.25) is 10.0 Å². The molecule has 0 bridgehead atoms. The van der Waals surface area contributed by atoms with Crippen LogP contribution in [0.1, 0.15) is 16.1 Å². The Morgan fingerprint density at radius 2 is 1.62 bits per heavy atom. The van der Waals surface area contributed by atoms with Crippen LogP contribution >= 0.6 is 23.2 Å². The lowest BCUT2D eigenvalue weighted by Crippen LogP contribution is -2.16. The third-order valence-electron chi connectivity index (χ3n) is 4.47. The van der Waals surface area contributed by atoms with Crippen molar-refractivity contribution in [2.45, 2.75) is 6.92 Å². The van der Waals surface area contributed by atoms with Gasteiger partial charge in [0.05, 0.1) is 16.4 Å². The predicted molar refractivity (Wildman–Crippen MR) is 118 cm³/mol. The molecule has 0 unspecified atom stereocenters. The fourth-order valence-electron chi connectivity index (χ4n) is 2.95. The van der Waals surface area contributed by atoms with E-state index in [0.29, 0.717) is 27.1 Å². The van der Waals surface area contributed by atoms with E-state index >= 15 is 0 Å². The van der Waals surface area contributed by atoms with Gasteiger partial charge >= 0.3 is 0 Å². The molecule has 1 N–H and O–H groups in total. The number of carbonyl (C=O) groups excluding carboxylic acids is 1. The molecular weight excluding hydrogens is 405 g/mol. The summed E-state index contributed by atoms with van der Waals surface area (Å²) in [5, 5.41) is 8.75. The molecule has 3 aromatic carbocycles. The lowest BCUT2D eigenvalue weighted by atomic mass is 10.1. The van der Waals surface area contributed by atoms with Gasteiger partial charge in [0.25, 0.3) is 5.91 Å². The van der Waals surface area contributed by atoms with Crippen LogP contribution in [-0.4, -0.2) is 15.7 Å². The van der Waals surface area contributed by atoms with Crippen molar-refractivity contribution >= 4 is 34.8 Å². The minimum Gasteiger partial charge on any atom is -0.321 e. The van der Waals surface area contributed by atoms with Crippen LogP contribution in [0.25, 0.3) is 16.9 Å². The van der Waals surface area contributed by atoms with Crippen molar-refractivity contribution in [2.24, 2.45) is 0 Å². The molecule has 0 fully saturated rings. The summed E-state index contributed by atoms with van der Waals surface area (Å²) in [6, 6.07) is 23.9. The Bertz CT molecular complexity index is 1170. The van der Waals surface area contributed by atoms with Crippen LogP contribution < -0.4 is 5.32 Å². The molecule has 4 aromatic rings. The molecule has 0 aliphatic rings. The molecule has 0 spiro atoms. The van der Waals surface area contributed by atoms with E-state index in [1.165, 1.54) is 0 Å². The van der Waals surface area contributed by atoms with Gasteiger partial charge in [-0.2, -0.15) is 5.10 Å². The van der Waals surface area contributed by atoms with Crippen molar-refractivity contribution in [3.05, 3.63) is 100 Å². The highest BCUT2D eigenvalue weighted by atomic mass is 35.5. The molecule has 29 heavy (non-hydrogen) atoms. The summed E-state index contributed by atoms with van der Waals surface area (Å²) < 4.78 is 1.60. The first-order chi connectivity index (χ1) is 14.0. The minimum absolute atomic E-state index is 0.269. The van der Waals surface area contributed by atoms with E-state index in [2.05, 4.69) is 10.4 Å². The molecular formula is C23H17Cl2N3O. The molecule has 0 aliphatic heterocycles. The second-order valence-electron chi connectivity index (χ2n) is 6.60. The summed E-state index contributed by atoms with van der Waals surface area (Å²) in [6.45, 7) is 2.00. The van der Waals surface area contributed by atoms with Crippen LogP contribution in [0.15, 0.2) is 78.9 Å². The molecule has 144 valence electrons. The molecule has 1 aromatic heterocycles. The average Bonchev–Trinajstić information content (AvgIpc) is 3.16. The standard InChI is InChI=1S/C23H17Cl2N3O/c1-15-6-10-17(11-7-15)26-23(29)22-14-21(19-4-2-3-5-20(19)25)27-28(22)18-12-8-16(24)9-13-18/h2-14H,1H3,(H,26,29). The zero-order valence-electron chi connectivity index (χ0n) is 15.6. The van der Waals surface area contributed by atoms with Gasteiger partial charge in [-0.3, -0.25) is 4.79 Å². The van der Waals surface area contributed by atoms with Gasteiger partial charge in [0.1, 0.15) is 5.69 Å².